The third-order valence-electron chi connectivity index (χ3n) is 7.57. The molecule has 1 aliphatic rings. The van der Waals surface area contributed by atoms with Crippen LogP contribution in [0.3, 0.4) is 0 Å². The second-order valence-corrected chi connectivity index (χ2v) is 10.5. The number of halogens is 2. The number of benzene rings is 2. The first-order valence-corrected chi connectivity index (χ1v) is 13.5. The van der Waals surface area contributed by atoms with E-state index in [1.165, 1.54) is 16.7 Å². The highest BCUT2D eigenvalue weighted by Gasteiger charge is 2.31. The lowest BCUT2D eigenvalue weighted by molar-refractivity contribution is -0.124. The molecule has 1 aliphatic heterocycles. The molecule has 0 unspecified atom stereocenters. The number of hydrogen-bond acceptors (Lipinski definition) is 6. The van der Waals surface area contributed by atoms with Crippen molar-refractivity contribution in [3.63, 3.8) is 0 Å². The van der Waals surface area contributed by atoms with E-state index in [-0.39, 0.29) is 24.8 Å². The van der Waals surface area contributed by atoms with E-state index in [1.54, 1.807) is 50.4 Å². The average Bonchev–Trinajstić information content (AvgIpc) is 3.36. The quantitative estimate of drug-likeness (QED) is 0.294. The predicted octanol–water partition coefficient (Wildman–Crippen LogP) is 4.47. The van der Waals surface area contributed by atoms with Gasteiger partial charge in [-0.15, -0.1) is 0 Å². The van der Waals surface area contributed by atoms with E-state index in [0.717, 1.165) is 22.4 Å². The van der Waals surface area contributed by atoms with E-state index in [1.807, 2.05) is 13.0 Å². The molecule has 0 saturated carbocycles. The van der Waals surface area contributed by atoms with E-state index in [0.29, 0.717) is 35.5 Å². The summed E-state index contributed by atoms with van der Waals surface area (Å²) in [6, 6.07) is 12.4. The third-order valence-corrected chi connectivity index (χ3v) is 7.57. The summed E-state index contributed by atoms with van der Waals surface area (Å²) in [5.74, 6) is -1.53. The Labute approximate surface area is 236 Å². The fraction of sp³-hybridized carbons (Fsp3) is 0.290. The van der Waals surface area contributed by atoms with Gasteiger partial charge in [-0.25, -0.2) is 18.7 Å². The normalized spacial score (nSPS) is 14.2. The Morgan fingerprint density at radius 3 is 2.32 bits per heavy atom. The lowest BCUT2D eigenvalue weighted by Gasteiger charge is -2.21. The summed E-state index contributed by atoms with van der Waals surface area (Å²) in [7, 11) is 0. The first-order valence-electron chi connectivity index (χ1n) is 13.5. The summed E-state index contributed by atoms with van der Waals surface area (Å²) in [5.41, 5.74) is 9.54. The summed E-state index contributed by atoms with van der Waals surface area (Å²) >= 11 is 0. The number of aromatic nitrogens is 3. The van der Waals surface area contributed by atoms with Crippen molar-refractivity contribution >= 4 is 17.5 Å². The molecule has 2 aromatic carbocycles. The molecule has 4 N–H and O–H groups in total. The molecule has 0 radical (unpaired) electrons. The van der Waals surface area contributed by atoms with Crippen molar-refractivity contribution in [3.8, 4) is 0 Å². The van der Waals surface area contributed by atoms with Crippen molar-refractivity contribution in [2.45, 2.75) is 52.1 Å². The van der Waals surface area contributed by atoms with Crippen molar-refractivity contribution in [1.82, 2.24) is 19.9 Å². The average molecular weight is 559 g/mol. The predicted molar refractivity (Wildman–Crippen MR) is 154 cm³/mol. The van der Waals surface area contributed by atoms with Crippen molar-refractivity contribution in [2.75, 3.05) is 17.6 Å². The van der Waals surface area contributed by atoms with Crippen LogP contribution in [0.25, 0.3) is 0 Å². The lowest BCUT2D eigenvalue weighted by atomic mass is 9.89. The lowest BCUT2D eigenvalue weighted by Crippen LogP contribution is -2.36. The standard InChI is InChI=1S/C31H32F2N6O2/c1-17-4-8-22(25(32)12-17)24(23-9-5-18(2)13-26(23)33)16-36-29-31(41)39-21(15-35-29)7-10-27(39)30(40)37-14-20-6-11-28(34)38-19(20)3/h4-6,8-9,11-13,15,24,27H,7,10,14,16H2,1-3H3,(H2,34,38)(H,35,36)(H,37,40)/t27-/m0/s1. The number of carbonyl (C=O) groups excluding carboxylic acids is 1. The van der Waals surface area contributed by atoms with Gasteiger partial charge in [-0.1, -0.05) is 30.3 Å². The highest BCUT2D eigenvalue weighted by molar-refractivity contribution is 5.81. The van der Waals surface area contributed by atoms with Gasteiger partial charge in [0, 0.05) is 36.6 Å². The Morgan fingerprint density at radius 2 is 1.71 bits per heavy atom. The fourth-order valence-electron chi connectivity index (χ4n) is 5.32. The number of amides is 1. The molecule has 8 nitrogen and oxygen atoms in total. The van der Waals surface area contributed by atoms with Crippen LogP contribution in [0.1, 0.15) is 57.6 Å². The summed E-state index contributed by atoms with van der Waals surface area (Å²) in [6.45, 7) is 5.64. The van der Waals surface area contributed by atoms with Gasteiger partial charge >= 0.3 is 0 Å². The molecule has 0 fully saturated rings. The molecular weight excluding hydrogens is 526 g/mol. The maximum Gasteiger partial charge on any atom is 0.294 e. The van der Waals surface area contributed by atoms with Gasteiger partial charge in [0.2, 0.25) is 5.91 Å². The number of nitrogens with two attached hydrogens (primary N) is 1. The van der Waals surface area contributed by atoms with Gasteiger partial charge in [-0.2, -0.15) is 0 Å². The summed E-state index contributed by atoms with van der Waals surface area (Å²) in [6.07, 6.45) is 2.55. The fourth-order valence-corrected chi connectivity index (χ4v) is 5.32. The van der Waals surface area contributed by atoms with Gasteiger partial charge in [0.25, 0.3) is 5.56 Å². The van der Waals surface area contributed by atoms with Gasteiger partial charge in [0.15, 0.2) is 5.82 Å². The van der Waals surface area contributed by atoms with E-state index in [9.17, 15) is 9.59 Å². The maximum atomic E-state index is 15.1. The number of nitrogens with one attached hydrogen (secondary N) is 2. The molecular formula is C31H32F2N6O2. The number of pyridine rings is 1. The van der Waals surface area contributed by atoms with Gasteiger partial charge < -0.3 is 16.4 Å². The summed E-state index contributed by atoms with van der Waals surface area (Å²) in [5, 5.41) is 5.92. The molecule has 4 aromatic rings. The van der Waals surface area contributed by atoms with Crippen LogP contribution in [0.4, 0.5) is 20.4 Å². The molecule has 0 spiro atoms. The molecule has 212 valence electrons. The SMILES string of the molecule is Cc1ccc(C(CNc2ncc3n(c2=O)[C@H](C(=O)NCc2ccc(N)nc2C)CC3)c2ccc(C)cc2F)c(F)c1. The minimum absolute atomic E-state index is 0.0112. The zero-order valence-electron chi connectivity index (χ0n) is 23.2. The van der Waals surface area contributed by atoms with Crippen molar-refractivity contribution in [1.29, 1.82) is 0 Å². The number of carbonyl (C=O) groups is 1. The summed E-state index contributed by atoms with van der Waals surface area (Å²) < 4.78 is 31.6. The van der Waals surface area contributed by atoms with Gasteiger partial charge in [-0.3, -0.25) is 14.2 Å². The van der Waals surface area contributed by atoms with E-state index >= 15 is 8.78 Å². The molecule has 2 aromatic heterocycles. The van der Waals surface area contributed by atoms with Crippen molar-refractivity contribution in [2.24, 2.45) is 0 Å². The second-order valence-electron chi connectivity index (χ2n) is 10.5. The van der Waals surface area contributed by atoms with Crippen LogP contribution in [0.15, 0.2) is 59.5 Å². The molecule has 0 aliphatic carbocycles. The van der Waals surface area contributed by atoms with E-state index in [2.05, 4.69) is 20.6 Å². The Hall–Kier alpha value is -4.60. The first kappa shape index (κ1) is 27.9. The van der Waals surface area contributed by atoms with Crippen LogP contribution in [0, 0.1) is 32.4 Å². The Balaban J connectivity index is 1.39. The number of nitrogens with zero attached hydrogens (tertiary/aromatic N) is 3. The Kier molecular flexibility index (Phi) is 7.83. The topological polar surface area (TPSA) is 115 Å². The number of aryl methyl sites for hydroxylation is 4. The monoisotopic (exact) mass is 558 g/mol. The highest BCUT2D eigenvalue weighted by atomic mass is 19.1. The molecule has 1 amide bonds. The zero-order chi connectivity index (χ0) is 29.3. The molecule has 41 heavy (non-hydrogen) atoms. The van der Waals surface area contributed by atoms with Crippen LogP contribution in [-0.4, -0.2) is 27.0 Å². The van der Waals surface area contributed by atoms with Gasteiger partial charge in [0.1, 0.15) is 23.5 Å². The van der Waals surface area contributed by atoms with E-state index in [4.69, 9.17) is 5.73 Å². The molecule has 0 bridgehead atoms. The molecule has 0 saturated heterocycles. The van der Waals surface area contributed by atoms with Crippen LogP contribution in [-0.2, 0) is 17.8 Å². The largest absolute Gasteiger partial charge is 0.384 e. The Morgan fingerprint density at radius 1 is 1.05 bits per heavy atom. The number of rotatable bonds is 8. The molecule has 3 heterocycles. The zero-order valence-corrected chi connectivity index (χ0v) is 23.2. The molecule has 10 heteroatoms. The van der Waals surface area contributed by atoms with Gasteiger partial charge in [0.05, 0.1) is 0 Å². The van der Waals surface area contributed by atoms with Crippen LogP contribution in [0.5, 0.6) is 0 Å². The number of nitrogen functional groups attached to an aromatic ring is 1. The summed E-state index contributed by atoms with van der Waals surface area (Å²) in [4.78, 5) is 35.2. The number of fused-ring (bicyclic) bond motifs is 1. The van der Waals surface area contributed by atoms with Crippen LogP contribution >= 0.6 is 0 Å². The number of hydrogen-bond donors (Lipinski definition) is 3. The van der Waals surface area contributed by atoms with Gasteiger partial charge in [-0.05, 0) is 79.6 Å². The van der Waals surface area contributed by atoms with E-state index < -0.39 is 29.2 Å². The van der Waals surface area contributed by atoms with Crippen molar-refractivity contribution < 1.29 is 13.6 Å². The van der Waals surface area contributed by atoms with Crippen LogP contribution in [0.2, 0.25) is 0 Å². The molecule has 1 atom stereocenters. The van der Waals surface area contributed by atoms with Crippen molar-refractivity contribution in [3.05, 3.63) is 116 Å². The second kappa shape index (κ2) is 11.5. The highest BCUT2D eigenvalue weighted by Crippen LogP contribution is 2.30. The smallest absolute Gasteiger partial charge is 0.294 e. The Bertz CT molecular complexity index is 1630. The molecule has 5 rings (SSSR count). The minimum Gasteiger partial charge on any atom is -0.384 e. The third kappa shape index (κ3) is 5.82. The first-order chi connectivity index (χ1) is 19.6. The number of anilines is 2. The maximum absolute atomic E-state index is 15.1. The van der Waals surface area contributed by atoms with Crippen LogP contribution < -0.4 is 21.9 Å². The minimum atomic E-state index is -0.730.